The van der Waals surface area contributed by atoms with E-state index in [4.69, 9.17) is 0 Å². The van der Waals surface area contributed by atoms with Gasteiger partial charge in [0.15, 0.2) is 23.1 Å². The van der Waals surface area contributed by atoms with Gasteiger partial charge in [-0.05, 0) is 38.3 Å². The summed E-state index contributed by atoms with van der Waals surface area (Å²) >= 11 is 0. The monoisotopic (exact) mass is 302 g/mol. The van der Waals surface area contributed by atoms with Crippen molar-refractivity contribution in [2.45, 2.75) is 33.1 Å². The highest BCUT2D eigenvalue weighted by Crippen LogP contribution is 2.47. The van der Waals surface area contributed by atoms with Gasteiger partial charge in [-0.1, -0.05) is 18.6 Å². The van der Waals surface area contributed by atoms with Crippen LogP contribution in [0.2, 0.25) is 0 Å². The SMILES string of the molecule is CC(C)=CCC(C)c1c(O)c(O)c2c(c1O)C(=O)C=CC2=O. The fourth-order valence-electron chi connectivity index (χ4n) is 2.52. The van der Waals surface area contributed by atoms with E-state index in [2.05, 4.69) is 0 Å². The zero-order chi connectivity index (χ0) is 16.6. The quantitative estimate of drug-likeness (QED) is 0.453. The van der Waals surface area contributed by atoms with Crippen LogP contribution in [0, 0.1) is 0 Å². The number of ketones is 2. The predicted molar refractivity (Wildman–Crippen MR) is 81.7 cm³/mol. The lowest BCUT2D eigenvalue weighted by molar-refractivity contribution is 0.0988. The van der Waals surface area contributed by atoms with Crippen LogP contribution in [0.3, 0.4) is 0 Å². The van der Waals surface area contributed by atoms with Crippen molar-refractivity contribution in [1.82, 2.24) is 0 Å². The number of hydrogen-bond acceptors (Lipinski definition) is 5. The van der Waals surface area contributed by atoms with Gasteiger partial charge in [0.1, 0.15) is 5.75 Å². The molecule has 116 valence electrons. The Labute approximate surface area is 128 Å². The van der Waals surface area contributed by atoms with Crippen LogP contribution >= 0.6 is 0 Å². The molecule has 0 radical (unpaired) electrons. The van der Waals surface area contributed by atoms with Gasteiger partial charge in [0.25, 0.3) is 0 Å². The summed E-state index contributed by atoms with van der Waals surface area (Å²) in [5, 5.41) is 30.6. The number of fused-ring (bicyclic) bond motifs is 1. The maximum absolute atomic E-state index is 12.0. The molecule has 1 aliphatic carbocycles. The molecule has 0 heterocycles. The Morgan fingerprint density at radius 3 is 2.00 bits per heavy atom. The Morgan fingerprint density at radius 1 is 1.00 bits per heavy atom. The second-order valence-corrected chi connectivity index (χ2v) is 5.69. The lowest BCUT2D eigenvalue weighted by atomic mass is 9.85. The van der Waals surface area contributed by atoms with E-state index < -0.39 is 28.8 Å². The van der Waals surface area contributed by atoms with Gasteiger partial charge in [-0.2, -0.15) is 0 Å². The summed E-state index contributed by atoms with van der Waals surface area (Å²) in [5.74, 6) is -3.18. The van der Waals surface area contributed by atoms with Gasteiger partial charge in [0, 0.05) is 5.56 Å². The second kappa shape index (κ2) is 5.67. The van der Waals surface area contributed by atoms with Gasteiger partial charge in [0.2, 0.25) is 0 Å². The second-order valence-electron chi connectivity index (χ2n) is 5.69. The Kier molecular flexibility index (Phi) is 4.08. The summed E-state index contributed by atoms with van der Waals surface area (Å²) in [7, 11) is 0. The normalized spacial score (nSPS) is 14.7. The number of allylic oxidation sites excluding steroid dienone is 4. The minimum Gasteiger partial charge on any atom is -0.507 e. The molecule has 0 spiro atoms. The molecule has 5 heteroatoms. The molecule has 0 aliphatic heterocycles. The molecule has 0 bridgehead atoms. The van der Waals surface area contributed by atoms with E-state index in [9.17, 15) is 24.9 Å². The molecular weight excluding hydrogens is 284 g/mol. The van der Waals surface area contributed by atoms with E-state index in [1.54, 1.807) is 6.92 Å². The van der Waals surface area contributed by atoms with Crippen LogP contribution in [0.4, 0.5) is 0 Å². The number of carbonyl (C=O) groups excluding carboxylic acids is 2. The molecule has 1 aromatic rings. The van der Waals surface area contributed by atoms with Crippen molar-refractivity contribution in [3.05, 3.63) is 40.5 Å². The number of phenolic OH excluding ortho intramolecular Hbond substituents is 3. The van der Waals surface area contributed by atoms with Gasteiger partial charge in [0.05, 0.1) is 11.1 Å². The third-order valence-corrected chi connectivity index (χ3v) is 3.71. The van der Waals surface area contributed by atoms with Gasteiger partial charge in [-0.25, -0.2) is 0 Å². The number of phenols is 3. The van der Waals surface area contributed by atoms with Crippen LogP contribution in [-0.4, -0.2) is 26.9 Å². The van der Waals surface area contributed by atoms with Crippen LogP contribution in [-0.2, 0) is 0 Å². The van der Waals surface area contributed by atoms with Crippen molar-refractivity contribution < 1.29 is 24.9 Å². The molecule has 22 heavy (non-hydrogen) atoms. The molecule has 1 aliphatic rings. The standard InChI is InChI=1S/C17H18O5/c1-8(2)4-5-9(3)12-15(20)13-10(18)6-7-11(19)14(13)17(22)16(12)21/h4,6-7,9,20-22H,5H2,1-3H3. The van der Waals surface area contributed by atoms with Gasteiger partial charge in [-0.3, -0.25) is 9.59 Å². The van der Waals surface area contributed by atoms with Crippen molar-refractivity contribution in [3.63, 3.8) is 0 Å². The van der Waals surface area contributed by atoms with Crippen LogP contribution in [0.15, 0.2) is 23.8 Å². The molecule has 1 aromatic carbocycles. The van der Waals surface area contributed by atoms with Crippen LogP contribution in [0.1, 0.15) is 59.4 Å². The van der Waals surface area contributed by atoms with Gasteiger partial charge < -0.3 is 15.3 Å². The summed E-state index contributed by atoms with van der Waals surface area (Å²) in [4.78, 5) is 23.8. The lowest BCUT2D eigenvalue weighted by Gasteiger charge is -2.21. The molecule has 0 saturated heterocycles. The fourth-order valence-corrected chi connectivity index (χ4v) is 2.52. The minimum absolute atomic E-state index is 0.0743. The Balaban J connectivity index is 2.66. The first-order chi connectivity index (χ1) is 10.3. The summed E-state index contributed by atoms with van der Waals surface area (Å²) in [6.07, 6.45) is 4.49. The van der Waals surface area contributed by atoms with Crippen LogP contribution in [0.25, 0.3) is 0 Å². The Bertz CT molecular complexity index is 721. The average molecular weight is 302 g/mol. The molecule has 0 amide bonds. The van der Waals surface area contributed by atoms with Crippen molar-refractivity contribution in [3.8, 4) is 17.2 Å². The highest BCUT2D eigenvalue weighted by Gasteiger charge is 2.33. The highest BCUT2D eigenvalue weighted by molar-refractivity contribution is 6.24. The van der Waals surface area contributed by atoms with E-state index in [1.807, 2.05) is 19.9 Å². The fraction of sp³-hybridized carbons (Fsp3) is 0.294. The Hall–Kier alpha value is -2.56. The molecule has 1 unspecified atom stereocenters. The number of carbonyl (C=O) groups is 2. The van der Waals surface area contributed by atoms with E-state index in [-0.39, 0.29) is 22.6 Å². The lowest BCUT2D eigenvalue weighted by Crippen LogP contribution is -2.14. The first-order valence-corrected chi connectivity index (χ1v) is 6.96. The van der Waals surface area contributed by atoms with E-state index in [0.717, 1.165) is 17.7 Å². The van der Waals surface area contributed by atoms with E-state index in [1.165, 1.54) is 0 Å². The van der Waals surface area contributed by atoms with Crippen LogP contribution < -0.4 is 0 Å². The topological polar surface area (TPSA) is 94.8 Å². The number of benzene rings is 1. The first-order valence-electron chi connectivity index (χ1n) is 6.96. The van der Waals surface area contributed by atoms with Crippen molar-refractivity contribution in [1.29, 1.82) is 0 Å². The smallest absolute Gasteiger partial charge is 0.190 e. The number of hydrogen-bond donors (Lipinski definition) is 3. The molecule has 0 saturated carbocycles. The molecule has 3 N–H and O–H groups in total. The Morgan fingerprint density at radius 2 is 1.50 bits per heavy atom. The van der Waals surface area contributed by atoms with Gasteiger partial charge in [-0.15, -0.1) is 0 Å². The average Bonchev–Trinajstić information content (AvgIpc) is 2.45. The van der Waals surface area contributed by atoms with E-state index in [0.29, 0.717) is 6.42 Å². The minimum atomic E-state index is -0.658. The van der Waals surface area contributed by atoms with Crippen LogP contribution in [0.5, 0.6) is 17.2 Å². The zero-order valence-corrected chi connectivity index (χ0v) is 12.7. The molecule has 2 rings (SSSR count). The molecule has 0 aromatic heterocycles. The highest BCUT2D eigenvalue weighted by atomic mass is 16.3. The van der Waals surface area contributed by atoms with Crippen molar-refractivity contribution >= 4 is 11.6 Å². The van der Waals surface area contributed by atoms with Crippen molar-refractivity contribution in [2.24, 2.45) is 0 Å². The first kappa shape index (κ1) is 15.8. The summed E-state index contributed by atoms with van der Waals surface area (Å²) in [6.45, 7) is 5.60. The summed E-state index contributed by atoms with van der Waals surface area (Å²) in [5.41, 5.74) is 0.551. The summed E-state index contributed by atoms with van der Waals surface area (Å²) < 4.78 is 0. The van der Waals surface area contributed by atoms with Crippen molar-refractivity contribution in [2.75, 3.05) is 0 Å². The van der Waals surface area contributed by atoms with Gasteiger partial charge >= 0.3 is 0 Å². The summed E-state index contributed by atoms with van der Waals surface area (Å²) in [6, 6.07) is 0. The molecular formula is C17H18O5. The number of aromatic hydroxyl groups is 3. The third kappa shape index (κ3) is 2.50. The van der Waals surface area contributed by atoms with E-state index >= 15 is 0 Å². The predicted octanol–water partition coefficient (Wildman–Crippen LogP) is 3.20. The zero-order valence-electron chi connectivity index (χ0n) is 12.7. The third-order valence-electron chi connectivity index (χ3n) is 3.71. The number of rotatable bonds is 3. The molecule has 1 atom stereocenters. The maximum Gasteiger partial charge on any atom is 0.190 e. The molecule has 0 fully saturated rings. The maximum atomic E-state index is 12.0. The molecule has 5 nitrogen and oxygen atoms in total. The largest absolute Gasteiger partial charge is 0.507 e.